The molecule has 0 radical (unpaired) electrons. The van der Waals surface area contributed by atoms with Crippen LogP contribution < -0.4 is 19.9 Å². The van der Waals surface area contributed by atoms with Crippen molar-refractivity contribution in [3.05, 3.63) is 54.1 Å². The maximum absolute atomic E-state index is 12.9. The number of benzene rings is 2. The summed E-state index contributed by atoms with van der Waals surface area (Å²) in [6.45, 7) is 2.29. The molecule has 2 aromatic carbocycles. The van der Waals surface area contributed by atoms with Gasteiger partial charge in [-0.15, -0.1) is 0 Å². The lowest BCUT2D eigenvalue weighted by Gasteiger charge is -2.18. The minimum atomic E-state index is -0.0273. The summed E-state index contributed by atoms with van der Waals surface area (Å²) >= 11 is 0. The normalized spacial score (nSPS) is 16.2. The number of carbonyl (C=O) groups is 1. The van der Waals surface area contributed by atoms with Crippen molar-refractivity contribution < 1.29 is 19.0 Å². The molecule has 6 nitrogen and oxygen atoms in total. The Bertz CT molecular complexity index is 751. The average molecular weight is 370 g/mol. The number of hydrogen-bond acceptors (Lipinski definition) is 5. The quantitative estimate of drug-likeness (QED) is 0.723. The molecule has 1 saturated heterocycles. The minimum Gasteiger partial charge on any atom is -0.493 e. The maximum atomic E-state index is 12.9. The highest BCUT2D eigenvalue weighted by molar-refractivity contribution is 5.95. The smallest absolute Gasteiger partial charge is 0.254 e. The molecule has 0 spiro atoms. The van der Waals surface area contributed by atoms with Gasteiger partial charge in [-0.1, -0.05) is 18.2 Å². The van der Waals surface area contributed by atoms with E-state index in [1.807, 2.05) is 35.2 Å². The predicted octanol–water partition coefficient (Wildman–Crippen LogP) is 2.72. The predicted molar refractivity (Wildman–Crippen MR) is 104 cm³/mol. The highest BCUT2D eigenvalue weighted by atomic mass is 16.5. The lowest BCUT2D eigenvalue weighted by atomic mass is 10.1. The lowest BCUT2D eigenvalue weighted by molar-refractivity contribution is 0.0772. The van der Waals surface area contributed by atoms with Crippen LogP contribution in [0.15, 0.2) is 48.5 Å². The molecule has 1 amide bonds. The number of hydrogen-bond donors (Lipinski definition) is 1. The van der Waals surface area contributed by atoms with Crippen molar-refractivity contribution >= 4 is 5.91 Å². The van der Waals surface area contributed by atoms with E-state index in [0.29, 0.717) is 43.3 Å². The van der Waals surface area contributed by atoms with Gasteiger partial charge in [-0.2, -0.15) is 0 Å². The Hall–Kier alpha value is -2.73. The van der Waals surface area contributed by atoms with Crippen LogP contribution in [0.5, 0.6) is 17.2 Å². The summed E-state index contributed by atoms with van der Waals surface area (Å²) in [7, 11) is 1.58. The third-order valence-electron chi connectivity index (χ3n) is 4.49. The highest BCUT2D eigenvalue weighted by Gasteiger charge is 2.28. The van der Waals surface area contributed by atoms with Crippen LogP contribution in [0.3, 0.4) is 0 Å². The third-order valence-corrected chi connectivity index (χ3v) is 4.49. The molecule has 0 bridgehead atoms. The fourth-order valence-corrected chi connectivity index (χ4v) is 3.07. The van der Waals surface area contributed by atoms with Crippen molar-refractivity contribution in [2.45, 2.75) is 18.9 Å². The van der Waals surface area contributed by atoms with E-state index in [4.69, 9.17) is 19.9 Å². The van der Waals surface area contributed by atoms with Crippen LogP contribution in [0.1, 0.15) is 23.2 Å². The van der Waals surface area contributed by atoms with E-state index in [1.165, 1.54) is 0 Å². The first kappa shape index (κ1) is 19.0. The van der Waals surface area contributed by atoms with Gasteiger partial charge in [-0.3, -0.25) is 4.79 Å². The summed E-state index contributed by atoms with van der Waals surface area (Å²) in [5, 5.41) is 0. The van der Waals surface area contributed by atoms with Crippen LogP contribution in [-0.4, -0.2) is 50.3 Å². The van der Waals surface area contributed by atoms with Gasteiger partial charge in [0.1, 0.15) is 11.9 Å². The van der Waals surface area contributed by atoms with Gasteiger partial charge in [0.2, 0.25) is 0 Å². The molecule has 27 heavy (non-hydrogen) atoms. The summed E-state index contributed by atoms with van der Waals surface area (Å²) < 4.78 is 17.0. The van der Waals surface area contributed by atoms with Crippen LogP contribution in [0, 0.1) is 0 Å². The second kappa shape index (κ2) is 9.28. The van der Waals surface area contributed by atoms with Gasteiger partial charge in [-0.05, 0) is 43.3 Å². The molecule has 1 aliphatic rings. The molecule has 3 rings (SSSR count). The Morgan fingerprint density at radius 2 is 2.00 bits per heavy atom. The van der Waals surface area contributed by atoms with Gasteiger partial charge in [-0.25, -0.2) is 0 Å². The molecular weight excluding hydrogens is 344 g/mol. The molecule has 0 unspecified atom stereocenters. The number of likely N-dealkylation sites (tertiary alicyclic amines) is 1. The van der Waals surface area contributed by atoms with Crippen LogP contribution >= 0.6 is 0 Å². The summed E-state index contributed by atoms with van der Waals surface area (Å²) in [5.74, 6) is 1.97. The first-order chi connectivity index (χ1) is 13.2. The van der Waals surface area contributed by atoms with Gasteiger partial charge < -0.3 is 24.8 Å². The van der Waals surface area contributed by atoms with E-state index in [9.17, 15) is 4.79 Å². The van der Waals surface area contributed by atoms with Crippen molar-refractivity contribution in [2.24, 2.45) is 5.73 Å². The molecule has 2 N–H and O–H groups in total. The van der Waals surface area contributed by atoms with Crippen molar-refractivity contribution in [2.75, 3.05) is 33.4 Å². The van der Waals surface area contributed by atoms with Gasteiger partial charge in [0, 0.05) is 18.5 Å². The first-order valence-corrected chi connectivity index (χ1v) is 9.23. The summed E-state index contributed by atoms with van der Waals surface area (Å²) in [5.41, 5.74) is 6.09. The molecule has 0 aromatic heterocycles. The van der Waals surface area contributed by atoms with Gasteiger partial charge in [0.25, 0.3) is 5.91 Å². The number of methoxy groups -OCH3 is 1. The Kier molecular flexibility index (Phi) is 6.54. The maximum Gasteiger partial charge on any atom is 0.254 e. The Labute approximate surface area is 159 Å². The monoisotopic (exact) mass is 370 g/mol. The van der Waals surface area contributed by atoms with E-state index in [1.54, 1.807) is 25.3 Å². The standard InChI is InChI=1S/C21H26N2O4/c1-25-19-9-8-16(14-20(19)26-13-5-11-22)21(24)23-12-10-18(15-23)27-17-6-3-2-4-7-17/h2-4,6-9,14,18H,5,10-13,15,22H2,1H3/t18-/m1/s1. The topological polar surface area (TPSA) is 74.0 Å². The Morgan fingerprint density at radius 1 is 1.19 bits per heavy atom. The van der Waals surface area contributed by atoms with Crippen molar-refractivity contribution in [3.63, 3.8) is 0 Å². The summed E-state index contributed by atoms with van der Waals surface area (Å²) in [6.07, 6.45) is 1.57. The number of amides is 1. The first-order valence-electron chi connectivity index (χ1n) is 9.23. The molecule has 1 fully saturated rings. The molecule has 144 valence electrons. The minimum absolute atomic E-state index is 0.00914. The zero-order valence-corrected chi connectivity index (χ0v) is 15.6. The van der Waals surface area contributed by atoms with Crippen LogP contribution in [0.2, 0.25) is 0 Å². The van der Waals surface area contributed by atoms with Crippen molar-refractivity contribution in [1.82, 2.24) is 4.90 Å². The van der Waals surface area contributed by atoms with E-state index in [0.717, 1.165) is 18.6 Å². The molecule has 1 atom stereocenters. The van der Waals surface area contributed by atoms with E-state index in [2.05, 4.69) is 0 Å². The highest BCUT2D eigenvalue weighted by Crippen LogP contribution is 2.29. The SMILES string of the molecule is COc1ccc(C(=O)N2CC[C@@H](Oc3ccccc3)C2)cc1OCCCN. The van der Waals surface area contributed by atoms with Crippen LogP contribution in [0.25, 0.3) is 0 Å². The summed E-state index contributed by atoms with van der Waals surface area (Å²) in [6, 6.07) is 15.0. The van der Waals surface area contributed by atoms with E-state index < -0.39 is 0 Å². The molecule has 6 heteroatoms. The lowest BCUT2D eigenvalue weighted by Crippen LogP contribution is -2.31. The average Bonchev–Trinajstić information content (AvgIpc) is 3.16. The van der Waals surface area contributed by atoms with E-state index in [-0.39, 0.29) is 12.0 Å². The molecular formula is C21H26N2O4. The van der Waals surface area contributed by atoms with Gasteiger partial charge >= 0.3 is 0 Å². The molecule has 1 heterocycles. The number of rotatable bonds is 8. The van der Waals surface area contributed by atoms with Gasteiger partial charge in [0.15, 0.2) is 11.5 Å². The largest absolute Gasteiger partial charge is 0.493 e. The second-order valence-corrected chi connectivity index (χ2v) is 6.45. The molecule has 1 aliphatic heterocycles. The van der Waals surface area contributed by atoms with E-state index >= 15 is 0 Å². The molecule has 2 aromatic rings. The van der Waals surface area contributed by atoms with Crippen LogP contribution in [-0.2, 0) is 0 Å². The summed E-state index contributed by atoms with van der Waals surface area (Å²) in [4.78, 5) is 14.7. The number of carbonyl (C=O) groups excluding carboxylic acids is 1. The zero-order valence-electron chi connectivity index (χ0n) is 15.6. The fraction of sp³-hybridized carbons (Fsp3) is 0.381. The Balaban J connectivity index is 1.64. The number of ether oxygens (including phenoxy) is 3. The Morgan fingerprint density at radius 3 is 2.74 bits per heavy atom. The number of nitrogens with zero attached hydrogens (tertiary/aromatic N) is 1. The second-order valence-electron chi connectivity index (χ2n) is 6.45. The van der Waals surface area contributed by atoms with Gasteiger partial charge in [0.05, 0.1) is 20.3 Å². The zero-order chi connectivity index (χ0) is 19.1. The van der Waals surface area contributed by atoms with Crippen molar-refractivity contribution in [1.29, 1.82) is 0 Å². The number of nitrogens with two attached hydrogens (primary N) is 1. The fourth-order valence-electron chi connectivity index (χ4n) is 3.07. The molecule has 0 saturated carbocycles. The van der Waals surface area contributed by atoms with Crippen LogP contribution in [0.4, 0.5) is 0 Å². The third kappa shape index (κ3) is 4.92. The molecule has 0 aliphatic carbocycles. The van der Waals surface area contributed by atoms with Crippen molar-refractivity contribution in [3.8, 4) is 17.2 Å². The number of para-hydroxylation sites is 1.